The van der Waals surface area contributed by atoms with Gasteiger partial charge in [0.1, 0.15) is 17.1 Å². The van der Waals surface area contributed by atoms with Gasteiger partial charge in [-0.3, -0.25) is 14.5 Å². The van der Waals surface area contributed by atoms with Crippen molar-refractivity contribution in [3.63, 3.8) is 0 Å². The summed E-state index contributed by atoms with van der Waals surface area (Å²) in [5, 5.41) is 6.03. The average molecular weight is 445 g/mol. The first kappa shape index (κ1) is 20.6. The summed E-state index contributed by atoms with van der Waals surface area (Å²) >= 11 is 7.02. The Balaban J connectivity index is 1.38. The van der Waals surface area contributed by atoms with Gasteiger partial charge in [-0.15, -0.1) is 0 Å². The van der Waals surface area contributed by atoms with Crippen LogP contribution in [-0.4, -0.2) is 62.6 Å². The number of halogens is 1. The van der Waals surface area contributed by atoms with Crippen molar-refractivity contribution in [1.82, 2.24) is 25.1 Å². The molecular weight excluding hydrogens is 424 g/mol. The standard InChI is InChI=1S/C20H21ClN6O2S/c1-13-5-6-22-18(9-13)25-17-4-2-3-14(24-17)15-10-23-20(30-15)27-8-7-26(11-16(21)28)19(29)12-27/h2-6,9-10,20,23H,7-8,11-12H2,1H3,(H,22,24,25). The van der Waals surface area contributed by atoms with Gasteiger partial charge in [0, 0.05) is 25.5 Å². The molecule has 8 nitrogen and oxygen atoms in total. The van der Waals surface area contributed by atoms with Gasteiger partial charge >= 0.3 is 0 Å². The highest BCUT2D eigenvalue weighted by Crippen LogP contribution is 2.35. The molecule has 156 valence electrons. The molecule has 1 unspecified atom stereocenters. The topological polar surface area (TPSA) is 90.5 Å². The van der Waals surface area contributed by atoms with Crippen molar-refractivity contribution in [2.75, 3.05) is 31.5 Å². The minimum Gasteiger partial charge on any atom is -0.366 e. The zero-order valence-electron chi connectivity index (χ0n) is 16.3. The molecule has 4 heterocycles. The molecule has 0 aliphatic carbocycles. The Bertz CT molecular complexity index is 1000. The Morgan fingerprint density at radius 1 is 1.33 bits per heavy atom. The minimum absolute atomic E-state index is 0.0392. The van der Waals surface area contributed by atoms with E-state index < -0.39 is 5.24 Å². The molecule has 0 bridgehead atoms. The molecule has 0 spiro atoms. The maximum atomic E-state index is 12.3. The number of amides is 1. The molecule has 30 heavy (non-hydrogen) atoms. The van der Waals surface area contributed by atoms with Gasteiger partial charge in [-0.1, -0.05) is 17.8 Å². The largest absolute Gasteiger partial charge is 0.366 e. The van der Waals surface area contributed by atoms with E-state index in [9.17, 15) is 9.59 Å². The van der Waals surface area contributed by atoms with Crippen LogP contribution < -0.4 is 10.6 Å². The van der Waals surface area contributed by atoms with Crippen LogP contribution in [0.5, 0.6) is 0 Å². The monoisotopic (exact) mass is 444 g/mol. The summed E-state index contributed by atoms with van der Waals surface area (Å²) in [6, 6.07) is 9.70. The Labute approximate surface area is 183 Å². The van der Waals surface area contributed by atoms with Crippen molar-refractivity contribution >= 4 is 51.1 Å². The first-order valence-electron chi connectivity index (χ1n) is 9.48. The highest BCUT2D eigenvalue weighted by atomic mass is 35.5. The summed E-state index contributed by atoms with van der Waals surface area (Å²) in [7, 11) is 0. The van der Waals surface area contributed by atoms with E-state index in [0.29, 0.717) is 18.9 Å². The molecule has 2 aliphatic rings. The van der Waals surface area contributed by atoms with Gasteiger partial charge in [0.2, 0.25) is 11.1 Å². The number of piperazine rings is 1. The van der Waals surface area contributed by atoms with Crippen LogP contribution in [0, 0.1) is 6.92 Å². The molecule has 2 N–H and O–H groups in total. The normalized spacial score (nSPS) is 19.4. The maximum absolute atomic E-state index is 12.3. The van der Waals surface area contributed by atoms with Crippen LogP contribution in [0.25, 0.3) is 4.91 Å². The van der Waals surface area contributed by atoms with Crippen LogP contribution in [0.3, 0.4) is 0 Å². The predicted molar refractivity (Wildman–Crippen MR) is 118 cm³/mol. The molecule has 1 amide bonds. The lowest BCUT2D eigenvalue weighted by molar-refractivity contribution is -0.138. The Morgan fingerprint density at radius 3 is 2.97 bits per heavy atom. The van der Waals surface area contributed by atoms with E-state index in [1.807, 2.05) is 48.4 Å². The molecular formula is C20H21ClN6O2S. The molecule has 2 aliphatic heterocycles. The number of nitrogens with zero attached hydrogens (tertiary/aromatic N) is 4. The molecule has 1 saturated heterocycles. The number of nitrogens with one attached hydrogen (secondary N) is 2. The number of carbonyl (C=O) groups is 2. The number of thioether (sulfide) groups is 1. The number of rotatable bonds is 6. The van der Waals surface area contributed by atoms with Crippen molar-refractivity contribution in [2.24, 2.45) is 0 Å². The van der Waals surface area contributed by atoms with E-state index >= 15 is 0 Å². The lowest BCUT2D eigenvalue weighted by atomic mass is 10.3. The fourth-order valence-corrected chi connectivity index (χ4v) is 4.49. The van der Waals surface area contributed by atoms with E-state index in [1.54, 1.807) is 18.0 Å². The molecule has 10 heteroatoms. The van der Waals surface area contributed by atoms with E-state index in [-0.39, 0.29) is 24.5 Å². The van der Waals surface area contributed by atoms with E-state index in [1.165, 1.54) is 4.90 Å². The maximum Gasteiger partial charge on any atom is 0.241 e. The number of aryl methyl sites for hydroxylation is 1. The van der Waals surface area contributed by atoms with Gasteiger partial charge in [-0.05, 0) is 48.4 Å². The van der Waals surface area contributed by atoms with Crippen molar-refractivity contribution in [3.05, 3.63) is 54.0 Å². The van der Waals surface area contributed by atoms with Gasteiger partial charge in [0.25, 0.3) is 0 Å². The highest BCUT2D eigenvalue weighted by molar-refractivity contribution is 8.09. The lowest BCUT2D eigenvalue weighted by Crippen LogP contribution is -2.55. The van der Waals surface area contributed by atoms with Crippen LogP contribution in [0.15, 0.2) is 42.7 Å². The fourth-order valence-electron chi connectivity index (χ4n) is 3.27. The molecule has 1 atom stereocenters. The molecule has 2 aromatic rings. The molecule has 0 aromatic carbocycles. The smallest absolute Gasteiger partial charge is 0.241 e. The van der Waals surface area contributed by atoms with Gasteiger partial charge in [-0.2, -0.15) is 0 Å². The third-order valence-corrected chi connectivity index (χ3v) is 6.12. The van der Waals surface area contributed by atoms with Crippen LogP contribution in [0.2, 0.25) is 0 Å². The van der Waals surface area contributed by atoms with E-state index in [4.69, 9.17) is 16.6 Å². The second kappa shape index (κ2) is 9.03. The number of carbonyl (C=O) groups excluding carboxylic acids is 2. The number of hydrogen-bond acceptors (Lipinski definition) is 8. The Hall–Kier alpha value is -2.62. The zero-order chi connectivity index (χ0) is 21.1. The van der Waals surface area contributed by atoms with Crippen LogP contribution in [0.4, 0.5) is 11.6 Å². The lowest BCUT2D eigenvalue weighted by Gasteiger charge is -2.36. The van der Waals surface area contributed by atoms with Gasteiger partial charge in [0.15, 0.2) is 0 Å². The predicted octanol–water partition coefficient (Wildman–Crippen LogP) is 2.36. The molecule has 0 radical (unpaired) electrons. The Kier molecular flexibility index (Phi) is 6.21. The number of hydrogen-bond donors (Lipinski definition) is 2. The first-order valence-corrected chi connectivity index (χ1v) is 10.7. The third-order valence-electron chi connectivity index (χ3n) is 4.76. The fraction of sp³-hybridized carbons (Fsp3) is 0.300. The molecule has 1 fully saturated rings. The SMILES string of the molecule is Cc1ccnc(Nc2cccc(C3=CNC(N4CCN(CC(=O)Cl)C(=O)C4)S3)n2)c1. The second-order valence-electron chi connectivity index (χ2n) is 7.04. The van der Waals surface area contributed by atoms with E-state index in [0.717, 1.165) is 22.0 Å². The van der Waals surface area contributed by atoms with Crippen molar-refractivity contribution in [1.29, 1.82) is 0 Å². The summed E-state index contributed by atoms with van der Waals surface area (Å²) in [5.41, 5.74) is 1.90. The van der Waals surface area contributed by atoms with Gasteiger partial charge in [0.05, 0.1) is 23.7 Å². The van der Waals surface area contributed by atoms with Crippen LogP contribution in [0.1, 0.15) is 11.3 Å². The Morgan fingerprint density at radius 2 is 2.20 bits per heavy atom. The number of aromatic nitrogens is 2. The summed E-state index contributed by atoms with van der Waals surface area (Å²) in [4.78, 5) is 36.9. The van der Waals surface area contributed by atoms with Crippen LogP contribution >= 0.6 is 23.4 Å². The average Bonchev–Trinajstić information content (AvgIpc) is 3.20. The van der Waals surface area contributed by atoms with Crippen LogP contribution in [-0.2, 0) is 9.59 Å². The number of pyridine rings is 2. The van der Waals surface area contributed by atoms with Gasteiger partial charge < -0.3 is 15.5 Å². The molecule has 4 rings (SSSR count). The minimum atomic E-state index is -0.519. The highest BCUT2D eigenvalue weighted by Gasteiger charge is 2.32. The summed E-state index contributed by atoms with van der Waals surface area (Å²) in [6.07, 6.45) is 3.68. The third kappa shape index (κ3) is 4.92. The van der Waals surface area contributed by atoms with Gasteiger partial charge in [-0.25, -0.2) is 9.97 Å². The zero-order valence-corrected chi connectivity index (χ0v) is 17.9. The molecule has 0 saturated carbocycles. The van der Waals surface area contributed by atoms with Crippen molar-refractivity contribution in [2.45, 2.75) is 12.4 Å². The van der Waals surface area contributed by atoms with Crippen molar-refractivity contribution < 1.29 is 9.59 Å². The van der Waals surface area contributed by atoms with E-state index in [2.05, 4.69) is 15.6 Å². The summed E-state index contributed by atoms with van der Waals surface area (Å²) < 4.78 is 0. The molecule has 2 aromatic heterocycles. The first-order chi connectivity index (χ1) is 14.5. The summed E-state index contributed by atoms with van der Waals surface area (Å²) in [6.45, 7) is 3.36. The number of anilines is 2. The summed E-state index contributed by atoms with van der Waals surface area (Å²) in [5.74, 6) is 1.36. The second-order valence-corrected chi connectivity index (χ2v) is 8.58. The quantitative estimate of drug-likeness (QED) is 0.656. The van der Waals surface area contributed by atoms with Crippen molar-refractivity contribution in [3.8, 4) is 0 Å².